The van der Waals surface area contributed by atoms with Crippen LogP contribution in [0, 0.1) is 0 Å². The Labute approximate surface area is 146 Å². The predicted octanol–water partition coefficient (Wildman–Crippen LogP) is 5.84. The molecule has 3 nitrogen and oxygen atoms in total. The molecule has 1 heterocycles. The lowest BCUT2D eigenvalue weighted by atomic mass is 10.1. The average Bonchev–Trinajstić information content (AvgIpc) is 2.64. The maximum absolute atomic E-state index is 5.80. The molecule has 0 saturated carbocycles. The van der Waals surface area contributed by atoms with Gasteiger partial charge in [0.2, 0.25) is 0 Å². The Bertz CT molecular complexity index is 563. The molecule has 0 atom stereocenters. The summed E-state index contributed by atoms with van der Waals surface area (Å²) < 4.78 is 5.80. The van der Waals surface area contributed by atoms with E-state index in [9.17, 15) is 0 Å². The van der Waals surface area contributed by atoms with Gasteiger partial charge in [-0.15, -0.1) is 0 Å². The fraction of sp³-hybridized carbons (Fsp3) is 0.524. The third-order valence-corrected chi connectivity index (χ3v) is 4.16. The van der Waals surface area contributed by atoms with E-state index >= 15 is 0 Å². The highest BCUT2D eigenvalue weighted by molar-refractivity contribution is 5.58. The van der Waals surface area contributed by atoms with E-state index < -0.39 is 0 Å². The first kappa shape index (κ1) is 18.4. The summed E-state index contributed by atoms with van der Waals surface area (Å²) in [5, 5.41) is 0. The van der Waals surface area contributed by atoms with E-state index in [0.717, 1.165) is 42.1 Å². The number of aromatic nitrogens is 2. The maximum Gasteiger partial charge on any atom is 0.119 e. The summed E-state index contributed by atoms with van der Waals surface area (Å²) in [6, 6.07) is 8.16. The second-order valence-electron chi connectivity index (χ2n) is 6.28. The molecule has 0 unspecified atom stereocenters. The summed E-state index contributed by atoms with van der Waals surface area (Å²) in [4.78, 5) is 9.04. The van der Waals surface area contributed by atoms with Gasteiger partial charge in [0, 0.05) is 11.8 Å². The Morgan fingerprint density at radius 2 is 1.54 bits per heavy atom. The van der Waals surface area contributed by atoms with Gasteiger partial charge in [-0.3, -0.25) is 9.97 Å². The van der Waals surface area contributed by atoms with E-state index in [1.807, 2.05) is 24.5 Å². The molecule has 0 aliphatic heterocycles. The topological polar surface area (TPSA) is 35.0 Å². The lowest BCUT2D eigenvalue weighted by Gasteiger charge is -2.07. The molecule has 0 amide bonds. The summed E-state index contributed by atoms with van der Waals surface area (Å²) in [5.41, 5.74) is 3.07. The molecule has 24 heavy (non-hydrogen) atoms. The van der Waals surface area contributed by atoms with Crippen LogP contribution in [0.15, 0.2) is 36.7 Å². The molecule has 0 bridgehead atoms. The molecule has 3 heteroatoms. The van der Waals surface area contributed by atoms with Crippen LogP contribution in [0.4, 0.5) is 0 Å². The summed E-state index contributed by atoms with van der Waals surface area (Å²) in [7, 11) is 0. The van der Waals surface area contributed by atoms with Crippen LogP contribution in [0.3, 0.4) is 0 Å². The molecule has 0 radical (unpaired) electrons. The van der Waals surface area contributed by atoms with Crippen LogP contribution in [-0.4, -0.2) is 16.6 Å². The highest BCUT2D eigenvalue weighted by atomic mass is 16.5. The monoisotopic (exact) mass is 326 g/mol. The van der Waals surface area contributed by atoms with E-state index in [4.69, 9.17) is 4.74 Å². The highest BCUT2D eigenvalue weighted by Crippen LogP contribution is 2.20. The Kier molecular flexibility index (Phi) is 8.29. The molecule has 1 aromatic heterocycles. The van der Waals surface area contributed by atoms with Gasteiger partial charge >= 0.3 is 0 Å². The predicted molar refractivity (Wildman–Crippen MR) is 100 cm³/mol. The Morgan fingerprint density at radius 1 is 0.792 bits per heavy atom. The van der Waals surface area contributed by atoms with Crippen LogP contribution >= 0.6 is 0 Å². The minimum atomic E-state index is 0.801. The Balaban J connectivity index is 1.80. The zero-order valence-corrected chi connectivity index (χ0v) is 15.1. The first-order chi connectivity index (χ1) is 11.8. The number of ether oxygens (including phenoxy) is 1. The largest absolute Gasteiger partial charge is 0.494 e. The summed E-state index contributed by atoms with van der Waals surface area (Å²) in [5.74, 6) is 0.932. The number of hydrogen-bond acceptors (Lipinski definition) is 3. The summed E-state index contributed by atoms with van der Waals surface area (Å²) in [6.07, 6.45) is 13.4. The Morgan fingerprint density at radius 3 is 2.21 bits per heavy atom. The normalized spacial score (nSPS) is 10.8. The van der Waals surface area contributed by atoms with Crippen LogP contribution in [0.1, 0.15) is 64.5 Å². The number of nitrogens with zero attached hydrogens (tertiary/aromatic N) is 2. The zero-order valence-electron chi connectivity index (χ0n) is 15.1. The third kappa shape index (κ3) is 6.31. The second kappa shape index (κ2) is 10.8. The fourth-order valence-corrected chi connectivity index (χ4v) is 2.61. The van der Waals surface area contributed by atoms with Gasteiger partial charge in [-0.1, -0.05) is 46.0 Å². The molecule has 2 rings (SSSR count). The first-order valence-corrected chi connectivity index (χ1v) is 9.37. The van der Waals surface area contributed by atoms with Crippen molar-refractivity contribution >= 4 is 0 Å². The number of benzene rings is 1. The van der Waals surface area contributed by atoms with Gasteiger partial charge in [0.15, 0.2) is 0 Å². The van der Waals surface area contributed by atoms with Crippen LogP contribution in [-0.2, 0) is 6.42 Å². The molecule has 0 saturated heterocycles. The van der Waals surface area contributed by atoms with Crippen molar-refractivity contribution in [1.29, 1.82) is 0 Å². The molecular weight excluding hydrogens is 296 g/mol. The van der Waals surface area contributed by atoms with Crippen molar-refractivity contribution in [3.05, 3.63) is 42.4 Å². The van der Waals surface area contributed by atoms with Gasteiger partial charge in [0.05, 0.1) is 24.2 Å². The SMILES string of the molecule is CCCCCCCOc1ccc(-c2cnc(CCCC)cn2)cc1. The van der Waals surface area contributed by atoms with Crippen LogP contribution < -0.4 is 4.74 Å². The van der Waals surface area contributed by atoms with Gasteiger partial charge in [-0.05, 0) is 43.5 Å². The molecule has 2 aromatic rings. The fourth-order valence-electron chi connectivity index (χ4n) is 2.61. The van der Waals surface area contributed by atoms with Crippen molar-refractivity contribution in [3.8, 4) is 17.0 Å². The van der Waals surface area contributed by atoms with Crippen LogP contribution in [0.25, 0.3) is 11.3 Å². The van der Waals surface area contributed by atoms with Gasteiger partial charge in [0.25, 0.3) is 0 Å². The molecule has 0 N–H and O–H groups in total. The molecule has 0 aliphatic carbocycles. The van der Waals surface area contributed by atoms with Crippen LogP contribution in [0.5, 0.6) is 5.75 Å². The first-order valence-electron chi connectivity index (χ1n) is 9.37. The maximum atomic E-state index is 5.80. The summed E-state index contributed by atoms with van der Waals surface area (Å²) >= 11 is 0. The van der Waals surface area contributed by atoms with E-state index in [1.165, 1.54) is 38.5 Å². The quantitative estimate of drug-likeness (QED) is 0.487. The number of unbranched alkanes of at least 4 members (excludes halogenated alkanes) is 5. The van der Waals surface area contributed by atoms with E-state index in [0.29, 0.717) is 0 Å². The van der Waals surface area contributed by atoms with Gasteiger partial charge in [0.1, 0.15) is 5.75 Å². The lowest BCUT2D eigenvalue weighted by molar-refractivity contribution is 0.304. The Hall–Kier alpha value is -1.90. The second-order valence-corrected chi connectivity index (χ2v) is 6.28. The van der Waals surface area contributed by atoms with Gasteiger partial charge < -0.3 is 4.74 Å². The number of aryl methyl sites for hydroxylation is 1. The van der Waals surface area contributed by atoms with E-state index in [-0.39, 0.29) is 0 Å². The van der Waals surface area contributed by atoms with Crippen molar-refractivity contribution in [2.24, 2.45) is 0 Å². The average molecular weight is 326 g/mol. The smallest absolute Gasteiger partial charge is 0.119 e. The minimum absolute atomic E-state index is 0.801. The van der Waals surface area contributed by atoms with Crippen LogP contribution in [0.2, 0.25) is 0 Å². The van der Waals surface area contributed by atoms with E-state index in [1.54, 1.807) is 0 Å². The highest BCUT2D eigenvalue weighted by Gasteiger charge is 2.02. The lowest BCUT2D eigenvalue weighted by Crippen LogP contribution is -1.97. The molecule has 0 spiro atoms. The summed E-state index contributed by atoms with van der Waals surface area (Å²) in [6.45, 7) is 5.23. The van der Waals surface area contributed by atoms with Crippen molar-refractivity contribution in [1.82, 2.24) is 9.97 Å². The molecule has 0 fully saturated rings. The zero-order chi connectivity index (χ0) is 17.0. The number of rotatable bonds is 11. The number of hydrogen-bond donors (Lipinski definition) is 0. The van der Waals surface area contributed by atoms with Gasteiger partial charge in [-0.25, -0.2) is 0 Å². The third-order valence-electron chi connectivity index (χ3n) is 4.16. The molecule has 0 aliphatic rings. The van der Waals surface area contributed by atoms with Crippen molar-refractivity contribution < 1.29 is 4.74 Å². The van der Waals surface area contributed by atoms with Gasteiger partial charge in [-0.2, -0.15) is 0 Å². The van der Waals surface area contributed by atoms with E-state index in [2.05, 4.69) is 35.9 Å². The van der Waals surface area contributed by atoms with Crippen molar-refractivity contribution in [3.63, 3.8) is 0 Å². The molecule has 130 valence electrons. The van der Waals surface area contributed by atoms with Crippen molar-refractivity contribution in [2.75, 3.05) is 6.61 Å². The minimum Gasteiger partial charge on any atom is -0.494 e. The standard InChI is InChI=1S/C21H30N2O/c1-3-5-7-8-9-15-24-20-13-11-18(12-14-20)21-17-22-19(16-23-21)10-6-4-2/h11-14,16-17H,3-10,15H2,1-2H3. The van der Waals surface area contributed by atoms with Crippen molar-refractivity contribution in [2.45, 2.75) is 65.2 Å². The molecular formula is C21H30N2O. The molecule has 1 aromatic carbocycles.